The van der Waals surface area contributed by atoms with Crippen molar-refractivity contribution >= 4 is 57.2 Å². The maximum atomic E-state index is 13.1. The average molecular weight is 492 g/mol. The van der Waals surface area contributed by atoms with E-state index in [0.717, 1.165) is 10.0 Å². The lowest BCUT2D eigenvalue weighted by atomic mass is 9.76. The zero-order chi connectivity index (χ0) is 22.3. The second-order valence-electron chi connectivity index (χ2n) is 7.48. The van der Waals surface area contributed by atoms with Gasteiger partial charge in [0.25, 0.3) is 0 Å². The smallest absolute Gasteiger partial charge is 0.219 e. The van der Waals surface area contributed by atoms with Crippen molar-refractivity contribution in [1.29, 1.82) is 5.26 Å². The summed E-state index contributed by atoms with van der Waals surface area (Å²) in [5.41, 5.74) is 8.69. The zero-order valence-electron chi connectivity index (χ0n) is 16.9. The van der Waals surface area contributed by atoms with Gasteiger partial charge in [0.1, 0.15) is 5.82 Å². The van der Waals surface area contributed by atoms with Gasteiger partial charge in [-0.05, 0) is 24.5 Å². The molecule has 0 spiro atoms. The molecule has 0 amide bonds. The number of thioether (sulfide) groups is 1. The number of nitrogens with zero attached hydrogens (tertiary/aromatic N) is 4. The van der Waals surface area contributed by atoms with E-state index in [-0.39, 0.29) is 17.2 Å². The second kappa shape index (κ2) is 8.83. The Morgan fingerprint density at radius 1 is 1.32 bits per heavy atom. The van der Waals surface area contributed by atoms with E-state index in [1.165, 1.54) is 11.3 Å². The summed E-state index contributed by atoms with van der Waals surface area (Å²) >= 11 is 15.8. The third kappa shape index (κ3) is 3.96. The topological polar surface area (TPSA) is 95.9 Å². The number of halogens is 2. The predicted octanol–water partition coefficient (Wildman–Crippen LogP) is 5.65. The molecule has 0 saturated carbocycles. The summed E-state index contributed by atoms with van der Waals surface area (Å²) in [6, 6.07) is 7.44. The highest BCUT2D eigenvalue weighted by Crippen LogP contribution is 2.49. The molecule has 2 N–H and O–H groups in total. The Kier molecular flexibility index (Phi) is 6.31. The minimum absolute atomic E-state index is 0.0196. The van der Waals surface area contributed by atoms with E-state index in [9.17, 15) is 10.1 Å². The number of nitriles is 1. The molecule has 1 aliphatic heterocycles. The third-order valence-corrected chi connectivity index (χ3v) is 7.96. The molecular weight excluding hydrogens is 473 g/mol. The van der Waals surface area contributed by atoms with E-state index in [1.54, 1.807) is 34.9 Å². The lowest BCUT2D eigenvalue weighted by Gasteiger charge is -2.38. The molecule has 0 fully saturated rings. The van der Waals surface area contributed by atoms with Gasteiger partial charge >= 0.3 is 0 Å². The summed E-state index contributed by atoms with van der Waals surface area (Å²) in [4.78, 5) is 14.9. The highest BCUT2D eigenvalue weighted by molar-refractivity contribution is 8.01. The maximum Gasteiger partial charge on any atom is 0.219 e. The van der Waals surface area contributed by atoms with Crippen LogP contribution in [0.5, 0.6) is 0 Å². The van der Waals surface area contributed by atoms with Gasteiger partial charge in [0.15, 0.2) is 10.1 Å². The number of ketones is 1. The van der Waals surface area contributed by atoms with Gasteiger partial charge in [0.05, 0.1) is 27.6 Å². The van der Waals surface area contributed by atoms with Crippen molar-refractivity contribution in [2.45, 2.75) is 48.6 Å². The zero-order valence-corrected chi connectivity index (χ0v) is 20.0. The van der Waals surface area contributed by atoms with E-state index in [0.29, 0.717) is 50.8 Å². The van der Waals surface area contributed by atoms with Gasteiger partial charge in [0, 0.05) is 22.9 Å². The number of aromatic nitrogens is 2. The molecule has 2 aliphatic rings. The Morgan fingerprint density at radius 3 is 2.81 bits per heavy atom. The minimum atomic E-state index is -0.660. The molecule has 0 radical (unpaired) electrons. The number of hydrogen-bond acceptors (Lipinski definition) is 8. The van der Waals surface area contributed by atoms with Crippen molar-refractivity contribution in [3.63, 3.8) is 0 Å². The molecule has 2 heterocycles. The van der Waals surface area contributed by atoms with Gasteiger partial charge in [-0.25, -0.2) is 0 Å². The van der Waals surface area contributed by atoms with Crippen LogP contribution in [0.3, 0.4) is 0 Å². The van der Waals surface area contributed by atoms with Crippen LogP contribution >= 0.6 is 46.3 Å². The van der Waals surface area contributed by atoms with E-state index in [1.807, 2.05) is 0 Å². The van der Waals surface area contributed by atoms with Crippen molar-refractivity contribution in [2.24, 2.45) is 5.73 Å². The number of anilines is 1. The largest absolute Gasteiger partial charge is 0.384 e. The van der Waals surface area contributed by atoms with Gasteiger partial charge in [-0.3, -0.25) is 9.69 Å². The maximum absolute atomic E-state index is 13.1. The third-order valence-electron chi connectivity index (χ3n) is 5.13. The second-order valence-corrected chi connectivity index (χ2v) is 11.0. The Balaban J connectivity index is 1.92. The number of benzene rings is 1. The molecule has 6 nitrogen and oxygen atoms in total. The molecule has 1 atom stereocenters. The Morgan fingerprint density at radius 2 is 2.10 bits per heavy atom. The average Bonchev–Trinajstić information content (AvgIpc) is 3.16. The molecule has 4 rings (SSSR count). The molecule has 31 heavy (non-hydrogen) atoms. The SMILES string of the molecule is CC(C)Sc1nnc(N2C(N)=C(C#N)C(c3cccc(Cl)c3Cl)C3=C2CCCC3=O)s1. The highest BCUT2D eigenvalue weighted by atomic mass is 35.5. The van der Waals surface area contributed by atoms with Crippen molar-refractivity contribution in [1.82, 2.24) is 10.2 Å². The number of nitrogens with two attached hydrogens (primary N) is 1. The van der Waals surface area contributed by atoms with Gasteiger partial charge in [-0.1, -0.05) is 72.3 Å². The Bertz CT molecular complexity index is 1160. The van der Waals surface area contributed by atoms with Crippen molar-refractivity contribution in [3.05, 3.63) is 56.5 Å². The van der Waals surface area contributed by atoms with Crippen LogP contribution in [0.2, 0.25) is 10.0 Å². The number of Topliss-reactive ketones (excluding diaryl/α,β-unsaturated/α-hetero) is 1. The summed E-state index contributed by atoms with van der Waals surface area (Å²) in [7, 11) is 0. The first-order chi connectivity index (χ1) is 14.8. The first-order valence-corrected chi connectivity index (χ1v) is 12.2. The number of rotatable bonds is 4. The summed E-state index contributed by atoms with van der Waals surface area (Å²) < 4.78 is 0.806. The molecule has 2 aromatic rings. The van der Waals surface area contributed by atoms with E-state index in [2.05, 4.69) is 30.1 Å². The van der Waals surface area contributed by atoms with Crippen LogP contribution < -0.4 is 10.6 Å². The van der Waals surface area contributed by atoms with E-state index < -0.39 is 5.92 Å². The number of carbonyl (C=O) groups is 1. The number of hydrogen-bond donors (Lipinski definition) is 1. The molecule has 1 unspecified atom stereocenters. The fourth-order valence-electron chi connectivity index (χ4n) is 3.90. The molecule has 0 saturated heterocycles. The summed E-state index contributed by atoms with van der Waals surface area (Å²) in [5, 5.41) is 20.2. The predicted molar refractivity (Wildman–Crippen MR) is 125 cm³/mol. The summed E-state index contributed by atoms with van der Waals surface area (Å²) in [6.45, 7) is 4.16. The van der Waals surface area contributed by atoms with Gasteiger partial charge in [-0.2, -0.15) is 5.26 Å². The summed E-state index contributed by atoms with van der Waals surface area (Å²) in [6.07, 6.45) is 1.75. The van der Waals surface area contributed by atoms with Crippen molar-refractivity contribution < 1.29 is 4.79 Å². The highest BCUT2D eigenvalue weighted by Gasteiger charge is 2.42. The molecule has 1 aliphatic carbocycles. The van der Waals surface area contributed by atoms with Crippen molar-refractivity contribution in [3.8, 4) is 6.07 Å². The Labute approximate surface area is 198 Å². The van der Waals surface area contributed by atoms with Crippen molar-refractivity contribution in [2.75, 3.05) is 4.90 Å². The molecule has 1 aromatic heterocycles. The first kappa shape index (κ1) is 22.2. The normalized spacial score (nSPS) is 19.2. The van der Waals surface area contributed by atoms with E-state index >= 15 is 0 Å². The van der Waals surface area contributed by atoms with Gasteiger partial charge in [0.2, 0.25) is 5.13 Å². The van der Waals surface area contributed by atoms with Crippen LogP contribution in [0.1, 0.15) is 44.6 Å². The van der Waals surface area contributed by atoms with Crippen LogP contribution in [0.25, 0.3) is 0 Å². The quantitative estimate of drug-likeness (QED) is 0.551. The standard InChI is InChI=1S/C21H19Cl2N5OS2/c1-10(2)30-21-27-26-20(31-21)28-14-7-4-8-15(29)17(14)16(12(9-24)19(28)25)11-5-3-6-13(22)18(11)23/h3,5-6,10,16H,4,7-8,25H2,1-2H3. The fraction of sp³-hybridized carbons (Fsp3) is 0.333. The monoisotopic (exact) mass is 491 g/mol. The van der Waals surface area contributed by atoms with Crippen LogP contribution in [-0.2, 0) is 4.79 Å². The number of carbonyl (C=O) groups excluding carboxylic acids is 1. The van der Waals surface area contributed by atoms with Crippen LogP contribution in [0.15, 0.2) is 45.2 Å². The minimum Gasteiger partial charge on any atom is -0.384 e. The molecule has 160 valence electrons. The molecule has 10 heteroatoms. The molecular formula is C21H19Cl2N5OS2. The Hall–Kier alpha value is -2.05. The van der Waals surface area contributed by atoms with Crippen LogP contribution in [-0.4, -0.2) is 21.2 Å². The first-order valence-electron chi connectivity index (χ1n) is 9.73. The van der Waals surface area contributed by atoms with E-state index in [4.69, 9.17) is 28.9 Å². The lowest BCUT2D eigenvalue weighted by Crippen LogP contribution is -2.38. The van der Waals surface area contributed by atoms with Crippen LogP contribution in [0, 0.1) is 11.3 Å². The fourth-order valence-corrected chi connectivity index (χ4v) is 6.42. The number of allylic oxidation sites excluding steroid dienone is 3. The van der Waals surface area contributed by atoms with Gasteiger partial charge < -0.3 is 5.73 Å². The van der Waals surface area contributed by atoms with Crippen LogP contribution in [0.4, 0.5) is 5.13 Å². The summed E-state index contributed by atoms with van der Waals surface area (Å²) in [5.74, 6) is -0.434. The molecule has 1 aromatic carbocycles. The lowest BCUT2D eigenvalue weighted by molar-refractivity contribution is -0.116. The van der Waals surface area contributed by atoms with Gasteiger partial charge in [-0.15, -0.1) is 10.2 Å². The molecule has 0 bridgehead atoms.